The van der Waals surface area contributed by atoms with Gasteiger partial charge in [0.05, 0.1) is 15.7 Å². The Hall–Kier alpha value is -1.37. The number of carboxylic acids is 1. The van der Waals surface area contributed by atoms with Gasteiger partial charge in [-0.1, -0.05) is 23.2 Å². The van der Waals surface area contributed by atoms with Crippen LogP contribution in [0, 0.1) is 6.92 Å². The fraction of sp³-hybridized carbons (Fsp3) is 0.0833. The van der Waals surface area contributed by atoms with Crippen molar-refractivity contribution >= 4 is 45.1 Å². The fourth-order valence-electron chi connectivity index (χ4n) is 1.62. The van der Waals surface area contributed by atoms with Crippen molar-refractivity contribution in [2.75, 3.05) is 0 Å². The van der Waals surface area contributed by atoms with Crippen LogP contribution in [0.1, 0.15) is 16.2 Å². The summed E-state index contributed by atoms with van der Waals surface area (Å²) in [6.45, 7) is 1.62. The van der Waals surface area contributed by atoms with Crippen LogP contribution in [0.5, 0.6) is 0 Å². The average molecular weight is 378 g/mol. The highest BCUT2D eigenvalue weighted by Gasteiger charge is 2.16. The molecule has 2 aromatic rings. The monoisotopic (exact) mass is 376 g/mol. The summed E-state index contributed by atoms with van der Waals surface area (Å²) in [5.41, 5.74) is -0.406. The van der Waals surface area contributed by atoms with Crippen LogP contribution in [0.15, 0.2) is 27.5 Å². The second-order valence-electron chi connectivity index (χ2n) is 3.91. The van der Waals surface area contributed by atoms with Crippen molar-refractivity contribution in [3.63, 3.8) is 0 Å². The molecule has 0 bridgehead atoms. The summed E-state index contributed by atoms with van der Waals surface area (Å²) < 4.78 is 1.87. The summed E-state index contributed by atoms with van der Waals surface area (Å²) in [4.78, 5) is 22.5. The molecular formula is C12H7BrCl2N2O3. The van der Waals surface area contributed by atoms with Gasteiger partial charge in [-0.05, 0) is 35.0 Å². The van der Waals surface area contributed by atoms with E-state index >= 15 is 0 Å². The van der Waals surface area contributed by atoms with Gasteiger partial charge in [-0.15, -0.1) is 0 Å². The molecule has 2 rings (SSSR count). The van der Waals surface area contributed by atoms with E-state index in [1.807, 2.05) is 0 Å². The van der Waals surface area contributed by atoms with E-state index in [0.717, 1.165) is 0 Å². The highest BCUT2D eigenvalue weighted by molar-refractivity contribution is 9.10. The molecule has 1 heterocycles. The maximum atomic E-state index is 11.5. The highest BCUT2D eigenvalue weighted by Crippen LogP contribution is 2.34. The fourth-order valence-corrected chi connectivity index (χ4v) is 2.47. The lowest BCUT2D eigenvalue weighted by molar-refractivity contribution is 0.0686. The van der Waals surface area contributed by atoms with Crippen LogP contribution in [0.3, 0.4) is 0 Å². The van der Waals surface area contributed by atoms with E-state index < -0.39 is 17.1 Å². The molecule has 5 nitrogen and oxygen atoms in total. The topological polar surface area (TPSA) is 72.2 Å². The number of aryl methyl sites for hydroxylation is 1. The predicted octanol–water partition coefficient (Wildman–Crippen LogP) is 3.31. The molecular weight excluding hydrogens is 371 g/mol. The van der Waals surface area contributed by atoms with Gasteiger partial charge in [-0.3, -0.25) is 4.79 Å². The van der Waals surface area contributed by atoms with Crippen molar-refractivity contribution in [1.29, 1.82) is 0 Å². The molecule has 0 radical (unpaired) electrons. The molecule has 0 spiro atoms. The minimum Gasteiger partial charge on any atom is -0.476 e. The first-order chi connectivity index (χ1) is 9.32. The van der Waals surface area contributed by atoms with E-state index in [-0.39, 0.29) is 10.0 Å². The van der Waals surface area contributed by atoms with E-state index in [4.69, 9.17) is 28.3 Å². The Labute approximate surface area is 131 Å². The van der Waals surface area contributed by atoms with Crippen LogP contribution < -0.4 is 5.43 Å². The number of carboxylic acid groups (broad SMARTS) is 1. The molecule has 0 fully saturated rings. The van der Waals surface area contributed by atoms with Gasteiger partial charge < -0.3 is 5.11 Å². The van der Waals surface area contributed by atoms with Crippen molar-refractivity contribution in [2.45, 2.75) is 6.92 Å². The van der Waals surface area contributed by atoms with Crippen molar-refractivity contribution in [3.8, 4) is 5.69 Å². The number of hydrogen-bond donors (Lipinski definition) is 1. The molecule has 0 amide bonds. The molecule has 1 N–H and O–H groups in total. The summed E-state index contributed by atoms with van der Waals surface area (Å²) in [5, 5.41) is 13.3. The Morgan fingerprint density at radius 1 is 1.35 bits per heavy atom. The maximum absolute atomic E-state index is 11.5. The largest absolute Gasteiger partial charge is 0.476 e. The van der Waals surface area contributed by atoms with Crippen LogP contribution in [0.2, 0.25) is 10.0 Å². The van der Waals surface area contributed by atoms with Gasteiger partial charge in [0.15, 0.2) is 0 Å². The van der Waals surface area contributed by atoms with Gasteiger partial charge in [0.25, 0.3) is 0 Å². The van der Waals surface area contributed by atoms with Gasteiger partial charge in [-0.2, -0.15) is 5.10 Å². The minimum absolute atomic E-state index is 0.205. The summed E-state index contributed by atoms with van der Waals surface area (Å²) >= 11 is 15.4. The Morgan fingerprint density at radius 3 is 2.60 bits per heavy atom. The quantitative estimate of drug-likeness (QED) is 0.815. The smallest absolute Gasteiger partial charge is 0.360 e. The highest BCUT2D eigenvalue weighted by atomic mass is 79.9. The second kappa shape index (κ2) is 5.55. The molecule has 104 valence electrons. The van der Waals surface area contributed by atoms with Gasteiger partial charge in [0.1, 0.15) is 0 Å². The third-order valence-electron chi connectivity index (χ3n) is 2.55. The van der Waals surface area contributed by atoms with Crippen molar-refractivity contribution in [1.82, 2.24) is 9.78 Å². The molecule has 20 heavy (non-hydrogen) atoms. The summed E-state index contributed by atoms with van der Waals surface area (Å²) in [6, 6.07) is 4.46. The van der Waals surface area contributed by atoms with Gasteiger partial charge >= 0.3 is 5.97 Å². The first kappa shape index (κ1) is 15.0. The molecule has 0 unspecified atom stereocenters. The van der Waals surface area contributed by atoms with Crippen LogP contribution in [-0.4, -0.2) is 20.9 Å². The molecule has 0 saturated heterocycles. The van der Waals surface area contributed by atoms with E-state index in [1.54, 1.807) is 19.1 Å². The predicted molar refractivity (Wildman–Crippen MR) is 79.3 cm³/mol. The molecule has 1 aromatic heterocycles. The second-order valence-corrected chi connectivity index (χ2v) is 5.52. The number of aromatic nitrogens is 2. The first-order valence-corrected chi connectivity index (χ1v) is 6.86. The van der Waals surface area contributed by atoms with Gasteiger partial charge in [0, 0.05) is 16.2 Å². The first-order valence-electron chi connectivity index (χ1n) is 5.31. The lowest BCUT2D eigenvalue weighted by Crippen LogP contribution is -2.22. The zero-order valence-corrected chi connectivity index (χ0v) is 13.1. The number of hydrogen-bond acceptors (Lipinski definition) is 3. The lowest BCUT2D eigenvalue weighted by Gasteiger charge is -2.13. The number of aromatic carboxylic acids is 1. The Morgan fingerprint density at radius 2 is 2.00 bits per heavy atom. The van der Waals surface area contributed by atoms with Gasteiger partial charge in [0.2, 0.25) is 11.1 Å². The average Bonchev–Trinajstić information content (AvgIpc) is 2.37. The van der Waals surface area contributed by atoms with Crippen molar-refractivity contribution in [3.05, 3.63) is 54.3 Å². The SMILES string of the molecule is Cc1cc(=O)c(C(=O)O)nn1-c1ccc(Br)c(Cl)c1Cl. The molecule has 0 saturated carbocycles. The Kier molecular flexibility index (Phi) is 4.17. The van der Waals surface area contributed by atoms with E-state index in [0.29, 0.717) is 15.9 Å². The maximum Gasteiger partial charge on any atom is 0.360 e. The lowest BCUT2D eigenvalue weighted by atomic mass is 10.3. The van der Waals surface area contributed by atoms with Crippen LogP contribution in [-0.2, 0) is 0 Å². The van der Waals surface area contributed by atoms with Crippen molar-refractivity contribution < 1.29 is 9.90 Å². The molecule has 0 aliphatic carbocycles. The molecule has 8 heteroatoms. The summed E-state index contributed by atoms with van der Waals surface area (Å²) in [7, 11) is 0. The molecule has 0 atom stereocenters. The normalized spacial score (nSPS) is 10.6. The molecule has 0 aliphatic rings. The van der Waals surface area contributed by atoms with Crippen molar-refractivity contribution in [2.24, 2.45) is 0 Å². The minimum atomic E-state index is -1.40. The van der Waals surface area contributed by atoms with E-state index in [1.165, 1.54) is 10.7 Å². The Bertz CT molecular complexity index is 774. The van der Waals surface area contributed by atoms with Gasteiger partial charge in [-0.25, -0.2) is 9.48 Å². The number of nitrogens with zero attached hydrogens (tertiary/aromatic N) is 2. The van der Waals surface area contributed by atoms with Crippen LogP contribution >= 0.6 is 39.1 Å². The zero-order chi connectivity index (χ0) is 15.0. The standard InChI is InChI=1S/C12H7BrCl2N2O3/c1-5-4-8(18)11(12(19)20)16-17(5)7-3-2-6(13)9(14)10(7)15/h2-4H,1H3,(H,19,20). The number of benzene rings is 1. The third kappa shape index (κ3) is 2.59. The number of rotatable bonds is 2. The third-order valence-corrected chi connectivity index (χ3v) is 4.31. The Balaban J connectivity index is 2.77. The molecule has 1 aromatic carbocycles. The number of halogens is 3. The molecule has 0 aliphatic heterocycles. The summed E-state index contributed by atoms with van der Waals surface area (Å²) in [6.07, 6.45) is 0. The van der Waals surface area contributed by atoms with E-state index in [9.17, 15) is 9.59 Å². The number of carbonyl (C=O) groups is 1. The van der Waals surface area contributed by atoms with E-state index in [2.05, 4.69) is 21.0 Å². The van der Waals surface area contributed by atoms with Crippen LogP contribution in [0.25, 0.3) is 5.69 Å². The zero-order valence-electron chi connectivity index (χ0n) is 10.0. The van der Waals surface area contributed by atoms with Crippen LogP contribution in [0.4, 0.5) is 0 Å². The summed E-state index contributed by atoms with van der Waals surface area (Å²) in [5.74, 6) is -1.40.